The second-order valence-electron chi connectivity index (χ2n) is 7.82. The van der Waals surface area contributed by atoms with E-state index in [2.05, 4.69) is 4.99 Å². The third-order valence-electron chi connectivity index (χ3n) is 5.35. The zero-order valence-corrected chi connectivity index (χ0v) is 20.4. The standard InChI is InChI=1S/C25H21N3O7S/c1-4-34-24(31)21-14(2)26-25-27(22(21)17-6-5-7-18(13-17)28(32)33)23(30)20(36-25)12-16-8-10-19(11-9-16)35-15(3)29/h5-13,22H,4H2,1-3H3/t22-/m1/s1. The van der Waals surface area contributed by atoms with E-state index in [-0.39, 0.29) is 17.9 Å². The lowest BCUT2D eigenvalue weighted by Gasteiger charge is -2.24. The van der Waals surface area contributed by atoms with Gasteiger partial charge in [0.05, 0.1) is 33.4 Å². The highest BCUT2D eigenvalue weighted by Crippen LogP contribution is 2.32. The average molecular weight is 508 g/mol. The Hall–Kier alpha value is -4.38. The maximum absolute atomic E-state index is 13.6. The molecule has 0 fully saturated rings. The van der Waals surface area contributed by atoms with E-state index < -0.39 is 28.5 Å². The van der Waals surface area contributed by atoms with Crippen molar-refractivity contribution in [3.63, 3.8) is 0 Å². The van der Waals surface area contributed by atoms with E-state index in [1.807, 2.05) is 0 Å². The number of hydrogen-bond donors (Lipinski definition) is 0. The highest BCUT2D eigenvalue weighted by molar-refractivity contribution is 7.07. The van der Waals surface area contributed by atoms with Gasteiger partial charge in [-0.05, 0) is 43.2 Å². The lowest BCUT2D eigenvalue weighted by molar-refractivity contribution is -0.384. The fourth-order valence-electron chi connectivity index (χ4n) is 3.86. The van der Waals surface area contributed by atoms with Gasteiger partial charge in [-0.1, -0.05) is 35.6 Å². The molecule has 36 heavy (non-hydrogen) atoms. The van der Waals surface area contributed by atoms with Crippen molar-refractivity contribution in [3.8, 4) is 5.75 Å². The van der Waals surface area contributed by atoms with Gasteiger partial charge in [0.25, 0.3) is 11.2 Å². The van der Waals surface area contributed by atoms with Crippen molar-refractivity contribution in [1.82, 2.24) is 4.57 Å². The summed E-state index contributed by atoms with van der Waals surface area (Å²) in [7, 11) is 0. The molecule has 2 aromatic carbocycles. The molecule has 2 heterocycles. The van der Waals surface area contributed by atoms with Crippen LogP contribution in [0.25, 0.3) is 6.08 Å². The summed E-state index contributed by atoms with van der Waals surface area (Å²) in [6.07, 6.45) is 1.66. The molecule has 0 spiro atoms. The molecular weight excluding hydrogens is 486 g/mol. The zero-order valence-electron chi connectivity index (χ0n) is 19.6. The maximum Gasteiger partial charge on any atom is 0.338 e. The van der Waals surface area contributed by atoms with Gasteiger partial charge in [0.2, 0.25) is 0 Å². The van der Waals surface area contributed by atoms with E-state index in [9.17, 15) is 24.5 Å². The van der Waals surface area contributed by atoms with Crippen molar-refractivity contribution in [2.75, 3.05) is 6.61 Å². The van der Waals surface area contributed by atoms with Crippen molar-refractivity contribution in [2.45, 2.75) is 26.8 Å². The molecule has 0 radical (unpaired) electrons. The van der Waals surface area contributed by atoms with Gasteiger partial charge in [0.1, 0.15) is 5.75 Å². The molecule has 10 nitrogen and oxygen atoms in total. The Bertz CT molecular complexity index is 1580. The topological polar surface area (TPSA) is 130 Å². The first-order valence-electron chi connectivity index (χ1n) is 10.9. The number of carbonyl (C=O) groups is 2. The highest BCUT2D eigenvalue weighted by atomic mass is 32.1. The van der Waals surface area contributed by atoms with E-state index in [4.69, 9.17) is 9.47 Å². The number of thiazole rings is 1. The number of carbonyl (C=O) groups excluding carboxylic acids is 2. The molecular formula is C25H21N3O7S. The lowest BCUT2D eigenvalue weighted by Crippen LogP contribution is -2.39. The van der Waals surface area contributed by atoms with Crippen molar-refractivity contribution in [2.24, 2.45) is 4.99 Å². The first-order valence-corrected chi connectivity index (χ1v) is 11.7. The first kappa shape index (κ1) is 24.7. The Morgan fingerprint density at radius 2 is 1.94 bits per heavy atom. The number of rotatable bonds is 6. The third-order valence-corrected chi connectivity index (χ3v) is 6.34. The van der Waals surface area contributed by atoms with Crippen LogP contribution in [0.15, 0.2) is 69.6 Å². The predicted octanol–water partition coefficient (Wildman–Crippen LogP) is 2.63. The minimum atomic E-state index is -0.950. The minimum Gasteiger partial charge on any atom is -0.463 e. The number of aromatic nitrogens is 1. The molecule has 1 aromatic heterocycles. The molecule has 0 bridgehead atoms. The molecule has 1 aliphatic rings. The maximum atomic E-state index is 13.6. The molecule has 3 aromatic rings. The molecule has 4 rings (SSSR count). The number of nitrogens with zero attached hydrogens (tertiary/aromatic N) is 3. The van der Waals surface area contributed by atoms with Crippen molar-refractivity contribution >= 4 is 35.0 Å². The van der Waals surface area contributed by atoms with Crippen LogP contribution in [0, 0.1) is 10.1 Å². The fourth-order valence-corrected chi connectivity index (χ4v) is 4.91. The second kappa shape index (κ2) is 10.1. The van der Waals surface area contributed by atoms with E-state index in [1.165, 1.54) is 29.7 Å². The van der Waals surface area contributed by atoms with E-state index in [1.54, 1.807) is 50.3 Å². The van der Waals surface area contributed by atoms with Crippen LogP contribution in [0.2, 0.25) is 0 Å². The number of nitro groups is 1. The largest absolute Gasteiger partial charge is 0.463 e. The predicted molar refractivity (Wildman–Crippen MR) is 131 cm³/mol. The number of allylic oxidation sites excluding steroid dienone is 1. The Labute approximate surface area is 208 Å². The summed E-state index contributed by atoms with van der Waals surface area (Å²) in [6, 6.07) is 11.5. The van der Waals surface area contributed by atoms with Crippen LogP contribution < -0.4 is 19.6 Å². The van der Waals surface area contributed by atoms with Crippen molar-refractivity contribution in [3.05, 3.63) is 101 Å². The molecule has 0 saturated heterocycles. The van der Waals surface area contributed by atoms with Gasteiger partial charge in [-0.25, -0.2) is 9.79 Å². The number of nitro benzene ring substituents is 1. The zero-order chi connectivity index (χ0) is 26.0. The summed E-state index contributed by atoms with van der Waals surface area (Å²) in [6.45, 7) is 4.73. The first-order chi connectivity index (χ1) is 17.2. The van der Waals surface area contributed by atoms with Gasteiger partial charge in [-0.3, -0.25) is 24.3 Å². The monoisotopic (exact) mass is 507 g/mol. The van der Waals surface area contributed by atoms with Crippen LogP contribution >= 0.6 is 11.3 Å². The number of fused-ring (bicyclic) bond motifs is 1. The summed E-state index contributed by atoms with van der Waals surface area (Å²) in [5.74, 6) is -0.711. The second-order valence-corrected chi connectivity index (χ2v) is 8.83. The Morgan fingerprint density at radius 3 is 2.58 bits per heavy atom. The lowest BCUT2D eigenvalue weighted by atomic mass is 9.95. The SMILES string of the molecule is CCOC(=O)C1=C(C)N=c2sc(=Cc3ccc(OC(C)=O)cc3)c(=O)n2[C@@H]1c1cccc([N+](=O)[O-])c1. The summed E-state index contributed by atoms with van der Waals surface area (Å²) < 4.78 is 12.0. The van der Waals surface area contributed by atoms with Crippen LogP contribution in [0.5, 0.6) is 5.75 Å². The van der Waals surface area contributed by atoms with E-state index in [0.717, 1.165) is 11.3 Å². The number of ether oxygens (including phenoxy) is 2. The van der Waals surface area contributed by atoms with Gasteiger partial charge in [0, 0.05) is 19.1 Å². The number of esters is 2. The molecule has 0 N–H and O–H groups in total. The minimum absolute atomic E-state index is 0.116. The molecule has 11 heteroatoms. The molecule has 0 amide bonds. The normalized spacial score (nSPS) is 15.2. The van der Waals surface area contributed by atoms with Crippen molar-refractivity contribution in [1.29, 1.82) is 0 Å². The number of hydrogen-bond acceptors (Lipinski definition) is 9. The van der Waals surface area contributed by atoms with Crippen LogP contribution in [0.3, 0.4) is 0 Å². The number of benzene rings is 2. The van der Waals surface area contributed by atoms with Crippen LogP contribution in [-0.4, -0.2) is 28.0 Å². The Kier molecular flexibility index (Phi) is 6.93. The summed E-state index contributed by atoms with van der Waals surface area (Å²) in [5.41, 5.74) is 1.00. The van der Waals surface area contributed by atoms with Crippen LogP contribution in [-0.2, 0) is 14.3 Å². The number of non-ortho nitro benzene ring substituents is 1. The molecule has 1 atom stereocenters. The summed E-state index contributed by atoms with van der Waals surface area (Å²) in [4.78, 5) is 53.3. The van der Waals surface area contributed by atoms with Gasteiger partial charge in [-0.15, -0.1) is 0 Å². The van der Waals surface area contributed by atoms with Gasteiger partial charge < -0.3 is 9.47 Å². The van der Waals surface area contributed by atoms with E-state index >= 15 is 0 Å². The summed E-state index contributed by atoms with van der Waals surface area (Å²) in [5, 5.41) is 11.4. The van der Waals surface area contributed by atoms with Crippen molar-refractivity contribution < 1.29 is 24.0 Å². The quantitative estimate of drug-likeness (QED) is 0.217. The molecule has 0 saturated carbocycles. The third kappa shape index (κ3) is 4.86. The van der Waals surface area contributed by atoms with Gasteiger partial charge in [-0.2, -0.15) is 0 Å². The smallest absolute Gasteiger partial charge is 0.338 e. The van der Waals surface area contributed by atoms with Crippen LogP contribution in [0.4, 0.5) is 5.69 Å². The molecule has 0 unspecified atom stereocenters. The highest BCUT2D eigenvalue weighted by Gasteiger charge is 2.34. The molecule has 1 aliphatic heterocycles. The summed E-state index contributed by atoms with van der Waals surface area (Å²) >= 11 is 1.13. The Balaban J connectivity index is 1.89. The van der Waals surface area contributed by atoms with E-state index in [0.29, 0.717) is 31.9 Å². The van der Waals surface area contributed by atoms with Crippen LogP contribution in [0.1, 0.15) is 37.9 Å². The molecule has 0 aliphatic carbocycles. The average Bonchev–Trinajstić information content (AvgIpc) is 3.13. The van der Waals surface area contributed by atoms with Gasteiger partial charge in [0.15, 0.2) is 4.80 Å². The fraction of sp³-hybridized carbons (Fsp3) is 0.200. The molecule has 184 valence electrons. The van der Waals surface area contributed by atoms with Gasteiger partial charge >= 0.3 is 11.9 Å². The Morgan fingerprint density at radius 1 is 1.22 bits per heavy atom.